The number of carbonyl (C=O) groups excluding carboxylic acids is 1. The third-order valence-electron chi connectivity index (χ3n) is 6.33. The number of hydrogen-bond donors (Lipinski definition) is 0. The van der Waals surface area contributed by atoms with Gasteiger partial charge in [-0.1, -0.05) is 30.3 Å². The summed E-state index contributed by atoms with van der Waals surface area (Å²) in [7, 11) is -3.24. The normalized spacial score (nSPS) is 20.0. The average Bonchev–Trinajstić information content (AvgIpc) is 2.79. The molecule has 1 aromatic carbocycles. The summed E-state index contributed by atoms with van der Waals surface area (Å²) >= 11 is 0. The van der Waals surface area contributed by atoms with E-state index >= 15 is 0 Å². The van der Waals surface area contributed by atoms with E-state index in [0.29, 0.717) is 44.1 Å². The van der Waals surface area contributed by atoms with E-state index in [4.69, 9.17) is 9.97 Å². The fraction of sp³-hybridized carbons (Fsp3) is 0.522. The molecule has 0 N–H and O–H groups in total. The first-order chi connectivity index (χ1) is 14.9. The standard InChI is InChI=1S/C23H30N4O3S/c1-3-31(29,30)26-14-7-10-19(16-26)22-24-17(2)20-11-12-21(28)27(23(20)25-22)15-13-18-8-5-4-6-9-18/h4-6,8-9,19H,3,7,10-16H2,1-2H3/t19-/m1/s1. The summed E-state index contributed by atoms with van der Waals surface area (Å²) in [6, 6.07) is 10.1. The van der Waals surface area contributed by atoms with Crippen LogP contribution in [0.2, 0.25) is 0 Å². The molecule has 1 atom stereocenters. The molecule has 0 spiro atoms. The van der Waals surface area contributed by atoms with Crippen LogP contribution in [0.1, 0.15) is 54.7 Å². The topological polar surface area (TPSA) is 83.5 Å². The lowest BCUT2D eigenvalue weighted by Gasteiger charge is -2.33. The molecule has 3 heterocycles. The second-order valence-electron chi connectivity index (χ2n) is 8.35. The number of anilines is 1. The van der Waals surface area contributed by atoms with Crippen molar-refractivity contribution in [3.63, 3.8) is 0 Å². The highest BCUT2D eigenvalue weighted by atomic mass is 32.2. The molecule has 1 aromatic heterocycles. The van der Waals surface area contributed by atoms with E-state index in [0.717, 1.165) is 30.5 Å². The van der Waals surface area contributed by atoms with E-state index in [2.05, 4.69) is 12.1 Å². The number of nitrogens with zero attached hydrogens (tertiary/aromatic N) is 4. The van der Waals surface area contributed by atoms with Crippen molar-refractivity contribution in [3.05, 3.63) is 53.0 Å². The van der Waals surface area contributed by atoms with Crippen molar-refractivity contribution in [1.29, 1.82) is 0 Å². The summed E-state index contributed by atoms with van der Waals surface area (Å²) in [5.41, 5.74) is 3.11. The van der Waals surface area contributed by atoms with Crippen molar-refractivity contribution in [2.45, 2.75) is 51.9 Å². The van der Waals surface area contributed by atoms with Gasteiger partial charge in [-0.15, -0.1) is 0 Å². The Bertz CT molecular complexity index is 1060. The fourth-order valence-corrected chi connectivity index (χ4v) is 5.67. The Balaban J connectivity index is 1.61. The van der Waals surface area contributed by atoms with Crippen molar-refractivity contribution in [2.75, 3.05) is 30.3 Å². The van der Waals surface area contributed by atoms with Gasteiger partial charge in [0.05, 0.1) is 5.75 Å². The number of hydrogen-bond acceptors (Lipinski definition) is 5. The van der Waals surface area contributed by atoms with E-state index in [1.807, 2.05) is 25.1 Å². The maximum Gasteiger partial charge on any atom is 0.228 e. The van der Waals surface area contributed by atoms with Crippen LogP contribution >= 0.6 is 0 Å². The highest BCUT2D eigenvalue weighted by Gasteiger charge is 2.33. The summed E-state index contributed by atoms with van der Waals surface area (Å²) in [6.45, 7) is 5.19. The number of rotatable bonds is 6. The second kappa shape index (κ2) is 9.04. The van der Waals surface area contributed by atoms with E-state index in [-0.39, 0.29) is 17.6 Å². The maximum absolute atomic E-state index is 12.8. The number of amides is 1. The highest BCUT2D eigenvalue weighted by Crippen LogP contribution is 2.32. The zero-order valence-electron chi connectivity index (χ0n) is 18.2. The van der Waals surface area contributed by atoms with Crippen LogP contribution in [-0.4, -0.2) is 54.0 Å². The summed E-state index contributed by atoms with van der Waals surface area (Å²) in [4.78, 5) is 24.2. The Morgan fingerprint density at radius 2 is 1.90 bits per heavy atom. The molecule has 1 saturated heterocycles. The predicted molar refractivity (Wildman–Crippen MR) is 121 cm³/mol. The molecule has 0 saturated carbocycles. The minimum atomic E-state index is -3.24. The number of fused-ring (bicyclic) bond motifs is 1. The third-order valence-corrected chi connectivity index (χ3v) is 8.18. The van der Waals surface area contributed by atoms with Crippen LogP contribution in [0.15, 0.2) is 30.3 Å². The molecule has 1 amide bonds. The van der Waals surface area contributed by atoms with Gasteiger partial charge >= 0.3 is 0 Å². The van der Waals surface area contributed by atoms with Crippen LogP contribution in [-0.2, 0) is 27.7 Å². The van der Waals surface area contributed by atoms with Crippen molar-refractivity contribution in [1.82, 2.24) is 14.3 Å². The van der Waals surface area contributed by atoms with Crippen LogP contribution in [0.5, 0.6) is 0 Å². The lowest BCUT2D eigenvalue weighted by atomic mass is 9.97. The van der Waals surface area contributed by atoms with Gasteiger partial charge in [-0.05, 0) is 45.1 Å². The SMILES string of the molecule is CCS(=O)(=O)N1CCC[C@@H](c2nc(C)c3c(n2)N(CCc2ccccc2)C(=O)CC3)C1. The molecule has 0 radical (unpaired) electrons. The molecular weight excluding hydrogens is 412 g/mol. The molecule has 4 rings (SSSR count). The van der Waals surface area contributed by atoms with Gasteiger partial charge in [-0.3, -0.25) is 9.69 Å². The number of aryl methyl sites for hydroxylation is 1. The highest BCUT2D eigenvalue weighted by molar-refractivity contribution is 7.89. The van der Waals surface area contributed by atoms with Crippen LogP contribution in [0, 0.1) is 6.92 Å². The molecule has 1 fully saturated rings. The first kappa shape index (κ1) is 21.9. The van der Waals surface area contributed by atoms with Crippen LogP contribution < -0.4 is 4.90 Å². The Morgan fingerprint density at radius 1 is 1.13 bits per heavy atom. The first-order valence-electron chi connectivity index (χ1n) is 11.1. The number of carbonyl (C=O) groups is 1. The van der Waals surface area contributed by atoms with Gasteiger partial charge in [-0.25, -0.2) is 22.7 Å². The minimum Gasteiger partial charge on any atom is -0.296 e. The quantitative estimate of drug-likeness (QED) is 0.687. The number of benzene rings is 1. The van der Waals surface area contributed by atoms with Crippen molar-refractivity contribution in [2.24, 2.45) is 0 Å². The van der Waals surface area contributed by atoms with Gasteiger partial charge < -0.3 is 0 Å². The van der Waals surface area contributed by atoms with Gasteiger partial charge in [-0.2, -0.15) is 0 Å². The lowest BCUT2D eigenvalue weighted by molar-refractivity contribution is -0.118. The zero-order chi connectivity index (χ0) is 22.0. The van der Waals surface area contributed by atoms with Crippen LogP contribution in [0.25, 0.3) is 0 Å². The van der Waals surface area contributed by atoms with E-state index in [1.54, 1.807) is 16.1 Å². The Kier molecular flexibility index (Phi) is 6.39. The summed E-state index contributed by atoms with van der Waals surface area (Å²) in [6.07, 6.45) is 3.53. The van der Waals surface area contributed by atoms with Crippen molar-refractivity contribution in [3.8, 4) is 0 Å². The number of piperidine rings is 1. The van der Waals surface area contributed by atoms with Crippen molar-refractivity contribution >= 4 is 21.7 Å². The van der Waals surface area contributed by atoms with Crippen LogP contribution in [0.3, 0.4) is 0 Å². The Labute approximate surface area is 184 Å². The van der Waals surface area contributed by atoms with Gasteiger partial charge in [0, 0.05) is 43.2 Å². The lowest BCUT2D eigenvalue weighted by Crippen LogP contribution is -2.41. The molecule has 8 heteroatoms. The predicted octanol–water partition coefficient (Wildman–Crippen LogP) is 2.84. The molecule has 0 unspecified atom stereocenters. The van der Waals surface area contributed by atoms with Crippen LogP contribution in [0.4, 0.5) is 5.82 Å². The van der Waals surface area contributed by atoms with E-state index in [1.165, 1.54) is 5.56 Å². The summed E-state index contributed by atoms with van der Waals surface area (Å²) in [5, 5.41) is 0. The monoisotopic (exact) mass is 442 g/mol. The molecule has 31 heavy (non-hydrogen) atoms. The van der Waals surface area contributed by atoms with Gasteiger partial charge in [0.25, 0.3) is 0 Å². The van der Waals surface area contributed by atoms with Gasteiger partial charge in [0.15, 0.2) is 0 Å². The molecular formula is C23H30N4O3S. The molecule has 0 bridgehead atoms. The number of aromatic nitrogens is 2. The Morgan fingerprint density at radius 3 is 2.65 bits per heavy atom. The largest absolute Gasteiger partial charge is 0.296 e. The fourth-order valence-electron chi connectivity index (χ4n) is 4.49. The van der Waals surface area contributed by atoms with E-state index < -0.39 is 10.0 Å². The molecule has 0 aliphatic carbocycles. The summed E-state index contributed by atoms with van der Waals surface area (Å²) in [5.74, 6) is 1.51. The first-order valence-corrected chi connectivity index (χ1v) is 12.7. The average molecular weight is 443 g/mol. The van der Waals surface area contributed by atoms with Crippen molar-refractivity contribution < 1.29 is 13.2 Å². The number of sulfonamides is 1. The molecule has 2 aromatic rings. The minimum absolute atomic E-state index is 0.0490. The molecule has 166 valence electrons. The summed E-state index contributed by atoms with van der Waals surface area (Å²) < 4.78 is 26.3. The van der Waals surface area contributed by atoms with E-state index in [9.17, 15) is 13.2 Å². The smallest absolute Gasteiger partial charge is 0.228 e. The third kappa shape index (κ3) is 4.65. The molecule has 2 aliphatic rings. The molecule has 2 aliphatic heterocycles. The van der Waals surface area contributed by atoms with Gasteiger partial charge in [0.2, 0.25) is 15.9 Å². The maximum atomic E-state index is 12.8. The Hall–Kier alpha value is -2.32. The van der Waals surface area contributed by atoms with Gasteiger partial charge in [0.1, 0.15) is 11.6 Å². The zero-order valence-corrected chi connectivity index (χ0v) is 19.1. The second-order valence-corrected chi connectivity index (χ2v) is 10.6. The molecule has 7 nitrogen and oxygen atoms in total.